The van der Waals surface area contributed by atoms with Gasteiger partial charge in [0.15, 0.2) is 0 Å². The van der Waals surface area contributed by atoms with Crippen LogP contribution in [-0.2, 0) is 0 Å². The molecule has 0 amide bonds. The Kier molecular flexibility index (Phi) is 2.82. The van der Waals surface area contributed by atoms with Crippen LogP contribution >= 0.6 is 0 Å². The third-order valence-electron chi connectivity index (χ3n) is 2.54. The molecule has 0 atom stereocenters. The molecule has 14 heavy (non-hydrogen) atoms. The molecule has 1 rings (SSSR count). The summed E-state index contributed by atoms with van der Waals surface area (Å²) in [4.78, 5) is 4.31. The zero-order valence-corrected chi connectivity index (χ0v) is 10.6. The van der Waals surface area contributed by atoms with Crippen molar-refractivity contribution in [3.05, 3.63) is 0 Å². The van der Waals surface area contributed by atoms with Gasteiger partial charge in [0, 0.05) is 18.2 Å². The summed E-state index contributed by atoms with van der Waals surface area (Å²) in [5, 5.41) is 0. The molecule has 82 valence electrons. The molecule has 0 aromatic rings. The van der Waals surface area contributed by atoms with Gasteiger partial charge in [-0.15, -0.1) is 0 Å². The lowest BCUT2D eigenvalue weighted by molar-refractivity contribution is 0.168. The van der Waals surface area contributed by atoms with E-state index in [1.54, 1.807) is 0 Å². The summed E-state index contributed by atoms with van der Waals surface area (Å²) in [6.45, 7) is 15.0. The van der Waals surface area contributed by atoms with Crippen molar-refractivity contribution in [1.29, 1.82) is 0 Å². The Morgan fingerprint density at radius 2 is 1.36 bits per heavy atom. The Bertz CT molecular complexity index is 209. The third kappa shape index (κ3) is 3.43. The SMILES string of the molecule is CC(C)(C)CC1(CC(C)(C)C)C=NC1. The third-order valence-corrected chi connectivity index (χ3v) is 2.54. The van der Waals surface area contributed by atoms with Crippen molar-refractivity contribution in [2.24, 2.45) is 21.2 Å². The second-order valence-corrected chi connectivity index (χ2v) is 7.31. The highest BCUT2D eigenvalue weighted by atomic mass is 14.8. The molecule has 0 aliphatic carbocycles. The van der Waals surface area contributed by atoms with Crippen molar-refractivity contribution in [2.45, 2.75) is 54.4 Å². The number of hydrogen-bond acceptors (Lipinski definition) is 1. The zero-order chi connectivity index (χ0) is 11.0. The van der Waals surface area contributed by atoms with Gasteiger partial charge in [-0.1, -0.05) is 41.5 Å². The normalized spacial score (nSPS) is 20.7. The summed E-state index contributed by atoms with van der Waals surface area (Å²) in [7, 11) is 0. The van der Waals surface area contributed by atoms with Gasteiger partial charge in [-0.3, -0.25) is 4.99 Å². The Hall–Kier alpha value is -0.330. The quantitative estimate of drug-likeness (QED) is 0.633. The van der Waals surface area contributed by atoms with Gasteiger partial charge in [-0.25, -0.2) is 0 Å². The van der Waals surface area contributed by atoms with E-state index in [2.05, 4.69) is 52.7 Å². The largest absolute Gasteiger partial charge is 0.296 e. The number of hydrogen-bond donors (Lipinski definition) is 0. The van der Waals surface area contributed by atoms with E-state index in [0.717, 1.165) is 6.54 Å². The van der Waals surface area contributed by atoms with Crippen LogP contribution in [0.1, 0.15) is 54.4 Å². The predicted octanol–water partition coefficient (Wildman–Crippen LogP) is 3.93. The van der Waals surface area contributed by atoms with Crippen LogP contribution in [-0.4, -0.2) is 12.8 Å². The first-order valence-corrected chi connectivity index (χ1v) is 5.63. The number of aliphatic imine (C=N–C) groups is 1. The Morgan fingerprint density at radius 3 is 1.50 bits per heavy atom. The van der Waals surface area contributed by atoms with Crippen molar-refractivity contribution in [1.82, 2.24) is 0 Å². The van der Waals surface area contributed by atoms with Gasteiger partial charge in [-0.05, 0) is 23.7 Å². The van der Waals surface area contributed by atoms with E-state index in [-0.39, 0.29) is 0 Å². The maximum Gasteiger partial charge on any atom is 0.0491 e. The monoisotopic (exact) mass is 195 g/mol. The average Bonchev–Trinajstić information content (AvgIpc) is 1.75. The molecule has 1 heteroatoms. The molecule has 0 bridgehead atoms. The van der Waals surface area contributed by atoms with Gasteiger partial charge < -0.3 is 0 Å². The summed E-state index contributed by atoms with van der Waals surface area (Å²) in [5.41, 5.74) is 1.23. The second kappa shape index (κ2) is 3.36. The molecule has 0 unspecified atom stereocenters. The molecule has 0 saturated heterocycles. The van der Waals surface area contributed by atoms with Crippen molar-refractivity contribution in [3.8, 4) is 0 Å². The summed E-state index contributed by atoms with van der Waals surface area (Å²) >= 11 is 0. The molecule has 0 aromatic heterocycles. The molecule has 1 aliphatic heterocycles. The topological polar surface area (TPSA) is 12.4 Å². The van der Waals surface area contributed by atoms with Crippen LogP contribution in [0.5, 0.6) is 0 Å². The molecule has 0 N–H and O–H groups in total. The smallest absolute Gasteiger partial charge is 0.0491 e. The lowest BCUT2D eigenvalue weighted by Gasteiger charge is -2.43. The van der Waals surface area contributed by atoms with E-state index in [1.165, 1.54) is 12.8 Å². The van der Waals surface area contributed by atoms with Gasteiger partial charge in [-0.2, -0.15) is 0 Å². The minimum Gasteiger partial charge on any atom is -0.296 e. The zero-order valence-electron chi connectivity index (χ0n) is 10.6. The lowest BCUT2D eigenvalue weighted by Crippen LogP contribution is -2.40. The van der Waals surface area contributed by atoms with Gasteiger partial charge in [0.05, 0.1) is 0 Å². The molecule has 1 nitrogen and oxygen atoms in total. The predicted molar refractivity (Wildman–Crippen MR) is 63.9 cm³/mol. The van der Waals surface area contributed by atoms with Crippen molar-refractivity contribution in [3.63, 3.8) is 0 Å². The van der Waals surface area contributed by atoms with Crippen LogP contribution in [0.2, 0.25) is 0 Å². The molecule has 0 saturated carbocycles. The molecule has 1 aliphatic rings. The molecule has 0 spiro atoms. The van der Waals surface area contributed by atoms with Crippen LogP contribution < -0.4 is 0 Å². The molecular weight excluding hydrogens is 170 g/mol. The maximum absolute atomic E-state index is 4.31. The number of rotatable bonds is 2. The summed E-state index contributed by atoms with van der Waals surface area (Å²) in [5.74, 6) is 0. The lowest BCUT2D eigenvalue weighted by atomic mass is 9.65. The molecule has 1 heterocycles. The fraction of sp³-hybridized carbons (Fsp3) is 0.923. The van der Waals surface area contributed by atoms with Crippen LogP contribution in [0.4, 0.5) is 0 Å². The second-order valence-electron chi connectivity index (χ2n) is 7.31. The Labute approximate surface area is 89.0 Å². The minimum atomic E-state index is 0.399. The average molecular weight is 195 g/mol. The van der Waals surface area contributed by atoms with Crippen molar-refractivity contribution >= 4 is 6.21 Å². The van der Waals surface area contributed by atoms with E-state index in [9.17, 15) is 0 Å². The molecular formula is C13H25N. The Balaban J connectivity index is 2.65. The first kappa shape index (κ1) is 11.7. The van der Waals surface area contributed by atoms with E-state index in [1.807, 2.05) is 0 Å². The van der Waals surface area contributed by atoms with E-state index in [0.29, 0.717) is 16.2 Å². The van der Waals surface area contributed by atoms with E-state index >= 15 is 0 Å². The van der Waals surface area contributed by atoms with Crippen LogP contribution in [0.15, 0.2) is 4.99 Å². The molecule has 0 fully saturated rings. The fourth-order valence-corrected chi connectivity index (χ4v) is 2.73. The van der Waals surface area contributed by atoms with E-state index < -0.39 is 0 Å². The highest BCUT2D eigenvalue weighted by Gasteiger charge is 2.40. The first-order chi connectivity index (χ1) is 6.12. The summed E-state index contributed by atoms with van der Waals surface area (Å²) < 4.78 is 0. The highest BCUT2D eigenvalue weighted by molar-refractivity contribution is 5.71. The van der Waals surface area contributed by atoms with Gasteiger partial charge in [0.2, 0.25) is 0 Å². The van der Waals surface area contributed by atoms with Crippen molar-refractivity contribution < 1.29 is 0 Å². The first-order valence-electron chi connectivity index (χ1n) is 5.63. The maximum atomic E-state index is 4.31. The van der Waals surface area contributed by atoms with Gasteiger partial charge in [0.1, 0.15) is 0 Å². The fourth-order valence-electron chi connectivity index (χ4n) is 2.73. The van der Waals surface area contributed by atoms with Gasteiger partial charge >= 0.3 is 0 Å². The van der Waals surface area contributed by atoms with Crippen molar-refractivity contribution in [2.75, 3.05) is 6.54 Å². The van der Waals surface area contributed by atoms with Crippen LogP contribution in [0.3, 0.4) is 0 Å². The Morgan fingerprint density at radius 1 is 1.00 bits per heavy atom. The summed E-state index contributed by atoms with van der Waals surface area (Å²) in [6.07, 6.45) is 4.73. The van der Waals surface area contributed by atoms with Crippen LogP contribution in [0, 0.1) is 16.2 Å². The van der Waals surface area contributed by atoms with Gasteiger partial charge in [0.25, 0.3) is 0 Å². The summed E-state index contributed by atoms with van der Waals surface area (Å²) in [6, 6.07) is 0. The van der Waals surface area contributed by atoms with Crippen LogP contribution in [0.25, 0.3) is 0 Å². The van der Waals surface area contributed by atoms with E-state index in [4.69, 9.17) is 0 Å². The highest BCUT2D eigenvalue weighted by Crippen LogP contribution is 2.44. The number of nitrogens with zero attached hydrogens (tertiary/aromatic N) is 1. The molecule has 0 aromatic carbocycles. The minimum absolute atomic E-state index is 0.399. The standard InChI is InChI=1S/C13H25N/c1-11(2,3)7-13(9-14-10-13)8-12(4,5)6/h9H,7-8,10H2,1-6H3. The molecule has 0 radical (unpaired) electrons.